The van der Waals surface area contributed by atoms with Crippen molar-refractivity contribution in [3.8, 4) is 39.5 Å². The van der Waals surface area contributed by atoms with Gasteiger partial charge in [0, 0.05) is 110 Å². The fourth-order valence-electron chi connectivity index (χ4n) is 12.6. The van der Waals surface area contributed by atoms with Gasteiger partial charge in [-0.25, -0.2) is 0 Å². The van der Waals surface area contributed by atoms with E-state index >= 15 is 0 Å². The van der Waals surface area contributed by atoms with Gasteiger partial charge in [-0.2, -0.15) is 0 Å². The number of nitrogens with one attached hydrogen (secondary N) is 1. The standard InChI is InChI=1S/C24H17NO.C18H11ClO.2C12H6BrClO.C12H8BrClO.C6H7BO2.C6H4BrClO.C6H5I.C6H7N.2C2H4O2.Pd/c1-3-9-17(10-4-1)18-15-21-20-13-7-8-14-23(20)26-24(21)22(16-18)25-19-11-5-2-6-12-19;19-16-11-13(12-6-2-1-3-7-12)10-15-14-8-4-5-9-17(14)20-18(15)16;2*13-7-5-9-8-3-1-2-4-11(8)15-12(9)10(14)6-7;13-9-6-7-12(11(14)8-9)15-10-4-2-1-3-5-10;8-7(9)6-4-2-1-3-5-6;7-4-1-2-6(9)5(8)3-4;2*7-6-4-2-1-3-5-6;2*1-2(3)4;/h1-16,25H;1-11H;2*1-6H;1-8H;1-5,8-9H;1-3,9H;1-5H;1-5H,7H2;2*1H3,(H,3,4);. The van der Waals surface area contributed by atoms with Crippen LogP contribution in [0, 0.1) is 3.57 Å². The zero-order chi connectivity index (χ0) is 93.3. The number of hydrogen-bond donors (Lipinski definition) is 7. The number of phenolic OH excluding ortho intramolecular Hbond substituents is 1. The summed E-state index contributed by atoms with van der Waals surface area (Å²) in [6.07, 6.45) is 0. The molecular weight excluding hydrogens is 2230 g/mol. The Balaban J connectivity index is 0.000000157. The smallest absolute Gasteiger partial charge is 0.488 e. The van der Waals surface area contributed by atoms with Crippen LogP contribution >= 0.6 is 144 Å². The molecule has 4 aromatic heterocycles. The van der Waals surface area contributed by atoms with E-state index in [0.29, 0.717) is 36.3 Å². The van der Waals surface area contributed by atoms with Crippen LogP contribution in [0.4, 0.5) is 17.1 Å². The number of anilines is 3. The van der Waals surface area contributed by atoms with E-state index < -0.39 is 19.1 Å². The zero-order valence-electron chi connectivity index (χ0n) is 69.9. The van der Waals surface area contributed by atoms with Crippen LogP contribution in [0.3, 0.4) is 0 Å². The fourth-order valence-corrected chi connectivity index (χ4v) is 16.4. The minimum atomic E-state index is -1.34. The molecule has 0 aliphatic carbocycles. The van der Waals surface area contributed by atoms with Crippen molar-refractivity contribution >= 4 is 274 Å². The van der Waals surface area contributed by atoms with Crippen molar-refractivity contribution in [2.45, 2.75) is 13.8 Å². The largest absolute Gasteiger partial charge is 0.506 e. The summed E-state index contributed by atoms with van der Waals surface area (Å²) in [5, 5.41) is 56.0. The Morgan fingerprint density at radius 2 is 0.667 bits per heavy atom. The number of rotatable bonds is 7. The average Bonchev–Trinajstić information content (AvgIpc) is 1.62. The van der Waals surface area contributed by atoms with Gasteiger partial charge in [-0.1, -0.05) is 358 Å². The molecule has 132 heavy (non-hydrogen) atoms. The van der Waals surface area contributed by atoms with Crippen LogP contribution in [0.1, 0.15) is 13.8 Å². The van der Waals surface area contributed by atoms with Gasteiger partial charge in [0.25, 0.3) is 11.9 Å². The van der Waals surface area contributed by atoms with Crippen molar-refractivity contribution in [2.24, 2.45) is 0 Å². The van der Waals surface area contributed by atoms with E-state index in [2.05, 4.69) is 189 Å². The number of ether oxygens (including phenoxy) is 1. The van der Waals surface area contributed by atoms with Gasteiger partial charge in [-0.15, -0.1) is 0 Å². The third kappa shape index (κ3) is 31.0. The topological polar surface area (TPSA) is 235 Å². The summed E-state index contributed by atoms with van der Waals surface area (Å²) in [7, 11) is -1.34. The van der Waals surface area contributed by atoms with Crippen LogP contribution in [0.25, 0.3) is 110 Å². The molecule has 0 spiro atoms. The number of para-hydroxylation sites is 7. The third-order valence-electron chi connectivity index (χ3n) is 18.4. The number of aliphatic carboxylic acids is 2. The number of hydrogen-bond acceptors (Lipinski definition) is 12. The summed E-state index contributed by atoms with van der Waals surface area (Å²) in [4.78, 5) is 18.0. The van der Waals surface area contributed by atoms with E-state index in [-0.39, 0.29) is 26.2 Å². The number of aromatic hydroxyl groups is 1. The molecule has 0 aliphatic heterocycles. The summed E-state index contributed by atoms with van der Waals surface area (Å²) >= 11 is 45.8. The number of fused-ring (bicyclic) bond motifs is 12. The summed E-state index contributed by atoms with van der Waals surface area (Å²) in [5.74, 6) is -0.118. The molecule has 0 aliphatic rings. The first-order valence-corrected chi connectivity index (χ1v) is 46.0. The number of carboxylic acid groups (broad SMARTS) is 2. The number of carbonyl (C=O) groups is 2. The van der Waals surface area contributed by atoms with Crippen LogP contribution in [0.2, 0.25) is 25.1 Å². The molecule has 0 saturated carbocycles. The second-order valence-electron chi connectivity index (χ2n) is 28.0. The quantitative estimate of drug-likeness (QED) is 0.0447. The summed E-state index contributed by atoms with van der Waals surface area (Å²) in [6.45, 7) is 2.17. The van der Waals surface area contributed by atoms with Gasteiger partial charge < -0.3 is 58.8 Å². The SMILES string of the molecule is CC(=O)O.CC(=O)O.Clc1cc(-c2ccccc2)cc2c1oc1ccccc12.Clc1cc(Br)cc2c1oc1ccccc12.Clc1cc(Br)cc2c1oc1ccccc12.Clc1cc(Br)ccc1Oc1ccccc1.Ic1ccccc1.Nc1ccccc1.OB(O)c1ccccc1.Oc1ccc(Br)cc1Cl.[Pd].c1ccc(Nc2cc(-c3ccccc3)cc3c2oc2ccccc23)cc1. The number of carboxylic acids is 2. The number of nitrogen functional groups attached to an aromatic ring is 1. The van der Waals surface area contributed by atoms with Gasteiger partial charge in [-0.05, 0) is 208 Å². The van der Waals surface area contributed by atoms with E-state index in [1.54, 1.807) is 42.5 Å². The Kier molecular flexibility index (Phi) is 40.8. The summed E-state index contributed by atoms with van der Waals surface area (Å²) < 4.78 is 34.0. The van der Waals surface area contributed by atoms with Crippen LogP contribution in [-0.4, -0.2) is 44.4 Å². The Morgan fingerprint density at radius 1 is 0.348 bits per heavy atom. The maximum Gasteiger partial charge on any atom is 0.488 e. The van der Waals surface area contributed by atoms with Crippen molar-refractivity contribution in [3.05, 3.63) is 441 Å². The van der Waals surface area contributed by atoms with Crippen molar-refractivity contribution < 1.29 is 77.8 Å². The third-order valence-corrected chi connectivity index (χ3v) is 22.4. The maximum absolute atomic E-state index is 9.00. The van der Waals surface area contributed by atoms with Gasteiger partial charge in [-0.3, -0.25) is 9.59 Å². The van der Waals surface area contributed by atoms with Crippen molar-refractivity contribution in [3.63, 3.8) is 0 Å². The molecule has 0 atom stereocenters. The molecular formula is C106H79BBr4Cl5IN2O12Pd. The minimum Gasteiger partial charge on any atom is -0.506 e. The van der Waals surface area contributed by atoms with Crippen LogP contribution in [0.15, 0.2) is 430 Å². The van der Waals surface area contributed by atoms with Crippen molar-refractivity contribution in [1.29, 1.82) is 0 Å². The van der Waals surface area contributed by atoms with Crippen LogP contribution in [-0.2, 0) is 30.0 Å². The molecule has 0 bridgehead atoms. The van der Waals surface area contributed by atoms with Crippen LogP contribution in [0.5, 0.6) is 17.2 Å². The van der Waals surface area contributed by atoms with E-state index in [9.17, 15) is 0 Å². The predicted molar refractivity (Wildman–Crippen MR) is 565 cm³/mol. The molecule has 0 radical (unpaired) electrons. The molecule has 0 unspecified atom stereocenters. The Morgan fingerprint density at radius 3 is 1.03 bits per heavy atom. The molecule has 0 fully saturated rings. The monoisotopic (exact) mass is 2310 g/mol. The first kappa shape index (κ1) is 103. The molecule has 4 heterocycles. The molecule has 0 amide bonds. The summed E-state index contributed by atoms with van der Waals surface area (Å²) in [6, 6.07) is 127. The predicted octanol–water partition coefficient (Wildman–Crippen LogP) is 33.7. The van der Waals surface area contributed by atoms with Gasteiger partial charge in [0.05, 0.1) is 30.8 Å². The molecule has 17 aromatic carbocycles. The first-order chi connectivity index (χ1) is 63.2. The molecule has 14 nitrogen and oxygen atoms in total. The Bertz CT molecular complexity index is 7120. The number of benzene rings is 17. The van der Waals surface area contributed by atoms with Crippen LogP contribution < -0.4 is 21.3 Å². The molecule has 26 heteroatoms. The molecule has 21 aromatic rings. The average molecular weight is 2310 g/mol. The number of phenols is 1. The number of nitrogens with two attached hydrogens (primary N) is 1. The van der Waals surface area contributed by atoms with Gasteiger partial charge in [0.15, 0.2) is 22.3 Å². The Hall–Kier alpha value is -11.2. The fraction of sp³-hybridized carbons (Fsp3) is 0.0189. The minimum absolute atomic E-state index is 0. The number of furan rings is 4. The van der Waals surface area contributed by atoms with Crippen molar-refractivity contribution in [1.82, 2.24) is 0 Å². The van der Waals surface area contributed by atoms with E-state index in [1.807, 2.05) is 249 Å². The van der Waals surface area contributed by atoms with Gasteiger partial charge >= 0.3 is 7.12 Å². The second-order valence-corrected chi connectivity index (χ2v) is 34.9. The van der Waals surface area contributed by atoms with Gasteiger partial charge in [0.2, 0.25) is 0 Å². The number of halogens is 10. The molecule has 668 valence electrons. The molecule has 0 saturated heterocycles. The van der Waals surface area contributed by atoms with E-state index in [1.165, 1.54) is 20.8 Å². The molecule has 8 N–H and O–H groups in total. The summed E-state index contributed by atoms with van der Waals surface area (Å²) in [5.41, 5.74) is 20.0. The van der Waals surface area contributed by atoms with E-state index in [0.717, 1.165) is 153 Å². The van der Waals surface area contributed by atoms with E-state index in [4.69, 9.17) is 121 Å². The van der Waals surface area contributed by atoms with Gasteiger partial charge in [0.1, 0.15) is 39.6 Å². The first-order valence-electron chi connectivity index (χ1n) is 39.9. The Labute approximate surface area is 847 Å². The maximum atomic E-state index is 9.00. The molecule has 21 rings (SSSR count). The normalized spacial score (nSPS) is 10.2. The second kappa shape index (κ2) is 52.3. The van der Waals surface area contributed by atoms with Crippen molar-refractivity contribution in [2.75, 3.05) is 11.1 Å². The zero-order valence-corrected chi connectivity index (χ0v) is 83.7.